The van der Waals surface area contributed by atoms with Crippen molar-refractivity contribution in [1.82, 2.24) is 0 Å². The van der Waals surface area contributed by atoms with Gasteiger partial charge in [-0.25, -0.2) is 0 Å². The highest BCUT2D eigenvalue weighted by Gasteiger charge is 2.08. The topological polar surface area (TPSA) is 72.3 Å². The summed E-state index contributed by atoms with van der Waals surface area (Å²) < 4.78 is 0. The first-order valence-corrected chi connectivity index (χ1v) is 4.43. The molecule has 0 aliphatic rings. The average molecular weight is 180 g/mol. The fourth-order valence-electron chi connectivity index (χ4n) is 1.34. The highest BCUT2D eigenvalue weighted by atomic mass is 16.3. The molecule has 1 aromatic rings. The summed E-state index contributed by atoms with van der Waals surface area (Å²) >= 11 is 0. The maximum Gasteiger partial charge on any atom is 0.0685 e. The van der Waals surface area contributed by atoms with Crippen molar-refractivity contribution in [1.29, 1.82) is 0 Å². The average Bonchev–Trinajstić information content (AvgIpc) is 2.16. The van der Waals surface area contributed by atoms with Crippen LogP contribution in [0, 0.1) is 0 Å². The van der Waals surface area contributed by atoms with Crippen molar-refractivity contribution in [2.45, 2.75) is 26.0 Å². The van der Waals surface area contributed by atoms with Crippen LogP contribution in [0.15, 0.2) is 18.2 Å². The van der Waals surface area contributed by atoms with Gasteiger partial charge in [-0.05, 0) is 29.7 Å². The fourth-order valence-corrected chi connectivity index (χ4v) is 1.34. The summed E-state index contributed by atoms with van der Waals surface area (Å²) in [6.07, 6.45) is 0.858. The summed E-state index contributed by atoms with van der Waals surface area (Å²) in [4.78, 5) is 0. The standard InChI is InChI=1S/C10H16N2O/c1-2-10(12)9-4-3-8(11)5-7(9)6-13/h3-5,10,13H,2,6,11-12H2,1H3/t10-/m1/s1. The van der Waals surface area contributed by atoms with Crippen molar-refractivity contribution in [2.24, 2.45) is 5.73 Å². The van der Waals surface area contributed by atoms with E-state index in [1.54, 1.807) is 6.07 Å². The summed E-state index contributed by atoms with van der Waals surface area (Å²) in [5, 5.41) is 9.08. The van der Waals surface area contributed by atoms with E-state index in [-0.39, 0.29) is 12.6 Å². The Labute approximate surface area is 78.4 Å². The molecule has 0 amide bonds. The van der Waals surface area contributed by atoms with Crippen LogP contribution >= 0.6 is 0 Å². The van der Waals surface area contributed by atoms with Gasteiger partial charge in [0.1, 0.15) is 0 Å². The molecule has 0 saturated carbocycles. The van der Waals surface area contributed by atoms with E-state index in [1.807, 2.05) is 19.1 Å². The molecule has 0 spiro atoms. The third kappa shape index (κ3) is 2.20. The molecule has 0 saturated heterocycles. The minimum atomic E-state index is -0.0113. The third-order valence-corrected chi connectivity index (χ3v) is 2.18. The van der Waals surface area contributed by atoms with E-state index in [1.165, 1.54) is 0 Å². The van der Waals surface area contributed by atoms with Gasteiger partial charge in [-0.3, -0.25) is 0 Å². The lowest BCUT2D eigenvalue weighted by Gasteiger charge is -2.13. The van der Waals surface area contributed by atoms with Crippen LogP contribution in [0.5, 0.6) is 0 Å². The number of nitrogen functional groups attached to an aromatic ring is 1. The molecule has 3 heteroatoms. The summed E-state index contributed by atoms with van der Waals surface area (Å²) in [5.41, 5.74) is 13.9. The van der Waals surface area contributed by atoms with Gasteiger partial charge >= 0.3 is 0 Å². The molecule has 0 aliphatic carbocycles. The van der Waals surface area contributed by atoms with E-state index in [4.69, 9.17) is 16.6 Å². The molecule has 1 atom stereocenters. The molecule has 0 unspecified atom stereocenters. The highest BCUT2D eigenvalue weighted by Crippen LogP contribution is 2.21. The van der Waals surface area contributed by atoms with Crippen molar-refractivity contribution in [3.8, 4) is 0 Å². The Morgan fingerprint density at radius 1 is 1.46 bits per heavy atom. The number of nitrogens with two attached hydrogens (primary N) is 2. The summed E-state index contributed by atoms with van der Waals surface area (Å²) in [6, 6.07) is 5.45. The molecular weight excluding hydrogens is 164 g/mol. The molecule has 1 rings (SSSR count). The number of benzene rings is 1. The number of aliphatic hydroxyl groups is 1. The zero-order valence-electron chi connectivity index (χ0n) is 7.83. The zero-order chi connectivity index (χ0) is 9.84. The fraction of sp³-hybridized carbons (Fsp3) is 0.400. The Bertz CT molecular complexity index is 286. The Morgan fingerprint density at radius 2 is 2.15 bits per heavy atom. The van der Waals surface area contributed by atoms with Gasteiger partial charge in [-0.15, -0.1) is 0 Å². The molecule has 0 bridgehead atoms. The largest absolute Gasteiger partial charge is 0.399 e. The lowest BCUT2D eigenvalue weighted by atomic mass is 9.99. The van der Waals surface area contributed by atoms with Gasteiger partial charge in [-0.1, -0.05) is 13.0 Å². The van der Waals surface area contributed by atoms with Crippen LogP contribution in [-0.4, -0.2) is 5.11 Å². The maximum absolute atomic E-state index is 9.08. The Balaban J connectivity index is 3.05. The Morgan fingerprint density at radius 3 is 2.69 bits per heavy atom. The highest BCUT2D eigenvalue weighted by molar-refractivity contribution is 5.45. The molecule has 3 nitrogen and oxygen atoms in total. The van der Waals surface area contributed by atoms with Crippen molar-refractivity contribution < 1.29 is 5.11 Å². The summed E-state index contributed by atoms with van der Waals surface area (Å²) in [6.45, 7) is 2.01. The van der Waals surface area contributed by atoms with Crippen molar-refractivity contribution >= 4 is 5.69 Å². The SMILES string of the molecule is CC[C@@H](N)c1ccc(N)cc1CO. The van der Waals surface area contributed by atoms with Gasteiger partial charge in [0.25, 0.3) is 0 Å². The van der Waals surface area contributed by atoms with Crippen LogP contribution in [0.3, 0.4) is 0 Å². The molecule has 1 aromatic carbocycles. The smallest absolute Gasteiger partial charge is 0.0685 e. The molecule has 0 aromatic heterocycles. The molecule has 5 N–H and O–H groups in total. The van der Waals surface area contributed by atoms with Crippen LogP contribution < -0.4 is 11.5 Å². The first kappa shape index (κ1) is 10.0. The lowest BCUT2D eigenvalue weighted by Crippen LogP contribution is -2.11. The quantitative estimate of drug-likeness (QED) is 0.611. The monoisotopic (exact) mass is 180 g/mol. The summed E-state index contributed by atoms with van der Waals surface area (Å²) in [5.74, 6) is 0. The second-order valence-electron chi connectivity index (χ2n) is 3.13. The number of hydrogen-bond donors (Lipinski definition) is 3. The lowest BCUT2D eigenvalue weighted by molar-refractivity contribution is 0.280. The van der Waals surface area contributed by atoms with Gasteiger partial charge in [0.05, 0.1) is 6.61 Å². The van der Waals surface area contributed by atoms with E-state index in [0.717, 1.165) is 17.5 Å². The summed E-state index contributed by atoms with van der Waals surface area (Å²) in [7, 11) is 0. The van der Waals surface area contributed by atoms with Gasteiger partial charge < -0.3 is 16.6 Å². The van der Waals surface area contributed by atoms with Crippen molar-refractivity contribution in [3.05, 3.63) is 29.3 Å². The molecular formula is C10H16N2O. The second kappa shape index (κ2) is 4.25. The van der Waals surface area contributed by atoms with Gasteiger partial charge in [-0.2, -0.15) is 0 Å². The third-order valence-electron chi connectivity index (χ3n) is 2.18. The van der Waals surface area contributed by atoms with Crippen molar-refractivity contribution in [2.75, 3.05) is 5.73 Å². The van der Waals surface area contributed by atoms with Gasteiger partial charge in [0.2, 0.25) is 0 Å². The molecule has 72 valence electrons. The van der Waals surface area contributed by atoms with E-state index in [2.05, 4.69) is 0 Å². The van der Waals surface area contributed by atoms with E-state index in [9.17, 15) is 0 Å². The van der Waals surface area contributed by atoms with Gasteiger partial charge in [0.15, 0.2) is 0 Å². The van der Waals surface area contributed by atoms with Crippen LogP contribution in [-0.2, 0) is 6.61 Å². The molecule has 0 heterocycles. The second-order valence-corrected chi connectivity index (χ2v) is 3.13. The van der Waals surface area contributed by atoms with Gasteiger partial charge in [0, 0.05) is 11.7 Å². The molecule has 0 aliphatic heterocycles. The van der Waals surface area contributed by atoms with Crippen LogP contribution in [0.25, 0.3) is 0 Å². The predicted molar refractivity (Wildman–Crippen MR) is 54.0 cm³/mol. The van der Waals surface area contributed by atoms with Crippen LogP contribution in [0.1, 0.15) is 30.5 Å². The van der Waals surface area contributed by atoms with E-state index < -0.39 is 0 Å². The number of aliphatic hydroxyl groups excluding tert-OH is 1. The van der Waals surface area contributed by atoms with E-state index >= 15 is 0 Å². The first-order valence-electron chi connectivity index (χ1n) is 4.43. The molecule has 13 heavy (non-hydrogen) atoms. The van der Waals surface area contributed by atoms with Crippen LogP contribution in [0.4, 0.5) is 5.69 Å². The van der Waals surface area contributed by atoms with E-state index in [0.29, 0.717) is 5.69 Å². The number of anilines is 1. The zero-order valence-corrected chi connectivity index (χ0v) is 7.83. The molecule has 0 fully saturated rings. The number of hydrogen-bond acceptors (Lipinski definition) is 3. The Hall–Kier alpha value is -1.06. The normalized spacial score (nSPS) is 12.8. The van der Waals surface area contributed by atoms with Crippen molar-refractivity contribution in [3.63, 3.8) is 0 Å². The van der Waals surface area contributed by atoms with Crippen LogP contribution in [0.2, 0.25) is 0 Å². The molecule has 0 radical (unpaired) electrons. The minimum absolute atomic E-state index is 0.00588. The first-order chi connectivity index (χ1) is 6.19. The number of rotatable bonds is 3. The minimum Gasteiger partial charge on any atom is -0.399 e. The predicted octanol–water partition coefficient (Wildman–Crippen LogP) is 1.17. The Kier molecular flexibility index (Phi) is 3.28. The maximum atomic E-state index is 9.08.